The van der Waals surface area contributed by atoms with Gasteiger partial charge in [0.2, 0.25) is 11.8 Å². The van der Waals surface area contributed by atoms with Crippen LogP contribution < -0.4 is 16.0 Å². The van der Waals surface area contributed by atoms with Gasteiger partial charge in [0.05, 0.1) is 0 Å². The van der Waals surface area contributed by atoms with Gasteiger partial charge in [-0.25, -0.2) is 4.79 Å². The van der Waals surface area contributed by atoms with Crippen LogP contribution in [0.4, 0.5) is 4.79 Å². The Balaban J connectivity index is 2.48. The van der Waals surface area contributed by atoms with Crippen LogP contribution in [-0.2, 0) is 16.1 Å². The molecular weight excluding hydrogens is 368 g/mol. The first-order valence-corrected chi connectivity index (χ1v) is 10.2. The van der Waals surface area contributed by atoms with Crippen molar-refractivity contribution in [2.45, 2.75) is 52.1 Å². The van der Waals surface area contributed by atoms with Crippen LogP contribution in [0.2, 0.25) is 0 Å². The Hall–Kier alpha value is -2.83. The highest BCUT2D eigenvalue weighted by Gasteiger charge is 2.19. The second kappa shape index (κ2) is 14.2. The predicted molar refractivity (Wildman–Crippen MR) is 115 cm³/mol. The standard InChI is InChI=1S/C22H34N4O3/c1-4-14-23-22(29)26(15-5-2)16-10-9-13-20(25-18(3)27)21(28)24-17-19-11-7-6-8-12-19/h4,6-8,11-12,20H,1,5,9-10,13-17H2,2-3H3,(H,23,29)(H,24,28)(H,25,27). The fraction of sp³-hybridized carbons (Fsp3) is 0.500. The molecule has 0 aromatic heterocycles. The topological polar surface area (TPSA) is 90.5 Å². The highest BCUT2D eigenvalue weighted by molar-refractivity contribution is 5.86. The van der Waals surface area contributed by atoms with Gasteiger partial charge in [-0.3, -0.25) is 9.59 Å². The summed E-state index contributed by atoms with van der Waals surface area (Å²) >= 11 is 0. The number of carbonyl (C=O) groups excluding carboxylic acids is 3. The number of nitrogens with zero attached hydrogens (tertiary/aromatic N) is 1. The number of urea groups is 1. The maximum atomic E-state index is 12.5. The molecule has 1 aromatic carbocycles. The lowest BCUT2D eigenvalue weighted by Gasteiger charge is -2.23. The summed E-state index contributed by atoms with van der Waals surface area (Å²) in [5, 5.41) is 8.39. The minimum atomic E-state index is -0.578. The van der Waals surface area contributed by atoms with Crippen molar-refractivity contribution in [1.29, 1.82) is 0 Å². The van der Waals surface area contributed by atoms with Crippen LogP contribution >= 0.6 is 0 Å². The number of benzene rings is 1. The van der Waals surface area contributed by atoms with E-state index in [-0.39, 0.29) is 17.8 Å². The van der Waals surface area contributed by atoms with Crippen molar-refractivity contribution in [3.05, 3.63) is 48.6 Å². The molecule has 0 bridgehead atoms. The largest absolute Gasteiger partial charge is 0.350 e. The molecule has 3 N–H and O–H groups in total. The Kier molecular flexibility index (Phi) is 11.9. The number of amides is 4. The molecular formula is C22H34N4O3. The maximum absolute atomic E-state index is 12.5. The molecule has 1 unspecified atom stereocenters. The van der Waals surface area contributed by atoms with Crippen LogP contribution in [0, 0.1) is 0 Å². The lowest BCUT2D eigenvalue weighted by Crippen LogP contribution is -2.46. The van der Waals surface area contributed by atoms with Crippen molar-refractivity contribution in [2.24, 2.45) is 0 Å². The summed E-state index contributed by atoms with van der Waals surface area (Å²) in [7, 11) is 0. The van der Waals surface area contributed by atoms with Gasteiger partial charge in [-0.1, -0.05) is 43.3 Å². The third-order valence-electron chi connectivity index (χ3n) is 4.35. The maximum Gasteiger partial charge on any atom is 0.317 e. The number of carbonyl (C=O) groups is 3. The Bertz CT molecular complexity index is 649. The molecule has 1 rings (SSSR count). The smallest absolute Gasteiger partial charge is 0.317 e. The van der Waals surface area contributed by atoms with Crippen molar-refractivity contribution in [1.82, 2.24) is 20.9 Å². The molecule has 0 aliphatic carbocycles. The van der Waals surface area contributed by atoms with Crippen molar-refractivity contribution in [3.8, 4) is 0 Å². The fourth-order valence-corrected chi connectivity index (χ4v) is 2.93. The Morgan fingerprint density at radius 2 is 1.83 bits per heavy atom. The van der Waals surface area contributed by atoms with E-state index in [0.717, 1.165) is 24.8 Å². The quantitative estimate of drug-likeness (QED) is 0.350. The highest BCUT2D eigenvalue weighted by Crippen LogP contribution is 2.06. The normalized spacial score (nSPS) is 11.2. The van der Waals surface area contributed by atoms with Gasteiger partial charge in [0.25, 0.3) is 0 Å². The van der Waals surface area contributed by atoms with Crippen LogP contribution in [0.5, 0.6) is 0 Å². The second-order valence-corrected chi connectivity index (χ2v) is 6.91. The number of hydrogen-bond donors (Lipinski definition) is 3. The number of hydrogen-bond acceptors (Lipinski definition) is 3. The molecule has 0 heterocycles. The molecule has 160 valence electrons. The molecule has 0 saturated carbocycles. The van der Waals surface area contributed by atoms with Gasteiger partial charge in [-0.15, -0.1) is 6.58 Å². The molecule has 0 spiro atoms. The van der Waals surface area contributed by atoms with Crippen LogP contribution in [0.15, 0.2) is 43.0 Å². The van der Waals surface area contributed by atoms with Gasteiger partial charge in [0.1, 0.15) is 6.04 Å². The lowest BCUT2D eigenvalue weighted by molar-refractivity contribution is -0.128. The summed E-state index contributed by atoms with van der Waals surface area (Å²) in [6.45, 7) is 9.17. The first-order chi connectivity index (χ1) is 14.0. The van der Waals surface area contributed by atoms with E-state index in [9.17, 15) is 14.4 Å². The zero-order valence-electron chi connectivity index (χ0n) is 17.6. The molecule has 0 saturated heterocycles. The molecule has 4 amide bonds. The van der Waals surface area contributed by atoms with Crippen molar-refractivity contribution >= 4 is 17.8 Å². The molecule has 7 nitrogen and oxygen atoms in total. The van der Waals surface area contributed by atoms with E-state index in [0.29, 0.717) is 32.6 Å². The lowest BCUT2D eigenvalue weighted by atomic mass is 10.1. The molecule has 0 aliphatic heterocycles. The summed E-state index contributed by atoms with van der Waals surface area (Å²) in [4.78, 5) is 37.9. The summed E-state index contributed by atoms with van der Waals surface area (Å²) in [5.74, 6) is -0.431. The number of rotatable bonds is 13. The van der Waals surface area contributed by atoms with Crippen molar-refractivity contribution in [3.63, 3.8) is 0 Å². The number of unbranched alkanes of at least 4 members (excludes halogenated alkanes) is 1. The van der Waals surface area contributed by atoms with E-state index in [2.05, 4.69) is 22.5 Å². The third kappa shape index (κ3) is 10.3. The first-order valence-electron chi connectivity index (χ1n) is 10.2. The predicted octanol–water partition coefficient (Wildman–Crippen LogP) is 2.59. The average Bonchev–Trinajstić information content (AvgIpc) is 2.72. The van der Waals surface area contributed by atoms with Gasteiger partial charge in [-0.2, -0.15) is 0 Å². The van der Waals surface area contributed by atoms with E-state index >= 15 is 0 Å². The molecule has 0 aliphatic rings. The van der Waals surface area contributed by atoms with Gasteiger partial charge in [0.15, 0.2) is 0 Å². The summed E-state index contributed by atoms with van der Waals surface area (Å²) < 4.78 is 0. The van der Waals surface area contributed by atoms with Crippen molar-refractivity contribution < 1.29 is 14.4 Å². The van der Waals surface area contributed by atoms with Crippen molar-refractivity contribution in [2.75, 3.05) is 19.6 Å². The van der Waals surface area contributed by atoms with E-state index in [1.807, 2.05) is 37.3 Å². The van der Waals surface area contributed by atoms with E-state index in [1.54, 1.807) is 11.0 Å². The van der Waals surface area contributed by atoms with E-state index < -0.39 is 6.04 Å². The summed E-state index contributed by atoms with van der Waals surface area (Å²) in [6, 6.07) is 8.95. The minimum absolute atomic E-state index is 0.106. The third-order valence-corrected chi connectivity index (χ3v) is 4.35. The van der Waals surface area contributed by atoms with Gasteiger partial charge in [0, 0.05) is 33.1 Å². The van der Waals surface area contributed by atoms with Crippen LogP contribution in [-0.4, -0.2) is 48.4 Å². The first kappa shape index (κ1) is 24.2. The zero-order chi connectivity index (χ0) is 21.5. The Morgan fingerprint density at radius 3 is 2.45 bits per heavy atom. The van der Waals surface area contributed by atoms with Gasteiger partial charge >= 0.3 is 6.03 Å². The molecule has 1 atom stereocenters. The average molecular weight is 403 g/mol. The summed E-state index contributed by atoms with van der Waals surface area (Å²) in [5.41, 5.74) is 1.00. The monoisotopic (exact) mass is 402 g/mol. The Morgan fingerprint density at radius 1 is 1.10 bits per heavy atom. The van der Waals surface area contributed by atoms with Gasteiger partial charge < -0.3 is 20.9 Å². The molecule has 0 radical (unpaired) electrons. The van der Waals surface area contributed by atoms with E-state index in [1.165, 1.54) is 6.92 Å². The zero-order valence-corrected chi connectivity index (χ0v) is 17.6. The molecule has 0 fully saturated rings. The van der Waals surface area contributed by atoms with Crippen LogP contribution in [0.25, 0.3) is 0 Å². The number of nitrogens with one attached hydrogen (secondary N) is 3. The minimum Gasteiger partial charge on any atom is -0.350 e. The van der Waals surface area contributed by atoms with E-state index in [4.69, 9.17) is 0 Å². The second-order valence-electron chi connectivity index (χ2n) is 6.91. The van der Waals surface area contributed by atoms with Gasteiger partial charge in [-0.05, 0) is 31.2 Å². The SMILES string of the molecule is C=CCNC(=O)N(CCC)CCCCC(NC(C)=O)C(=O)NCc1ccccc1. The molecule has 29 heavy (non-hydrogen) atoms. The van der Waals surface area contributed by atoms with Crippen LogP contribution in [0.3, 0.4) is 0 Å². The highest BCUT2D eigenvalue weighted by atomic mass is 16.2. The Labute approximate surface area is 173 Å². The van der Waals surface area contributed by atoms with Crippen LogP contribution in [0.1, 0.15) is 45.1 Å². The molecule has 1 aromatic rings. The molecule has 7 heteroatoms. The summed E-state index contributed by atoms with van der Waals surface area (Å²) in [6.07, 6.45) is 4.52. The fourth-order valence-electron chi connectivity index (χ4n) is 2.93.